The Bertz CT molecular complexity index is 568. The summed E-state index contributed by atoms with van der Waals surface area (Å²) in [7, 11) is 0. The predicted octanol–water partition coefficient (Wildman–Crippen LogP) is 2.37. The fraction of sp³-hybridized carbons (Fsp3) is 0.467. The average Bonchev–Trinajstić information content (AvgIpc) is 2.95. The van der Waals surface area contributed by atoms with Gasteiger partial charge in [0.05, 0.1) is 0 Å². The van der Waals surface area contributed by atoms with E-state index in [1.54, 1.807) is 12.4 Å². The molecule has 0 unspecified atom stereocenters. The predicted molar refractivity (Wildman–Crippen MR) is 78.4 cm³/mol. The number of rotatable bonds is 7. The van der Waals surface area contributed by atoms with Crippen molar-refractivity contribution in [2.75, 3.05) is 0 Å². The SMILES string of the molecule is CCC[C@@H](C)NC(=O)CCc1nc(-c2cccnc2)no1. The second kappa shape index (κ2) is 7.52. The van der Waals surface area contributed by atoms with Crippen LogP contribution in [0.3, 0.4) is 0 Å². The van der Waals surface area contributed by atoms with E-state index in [0.29, 0.717) is 24.6 Å². The Balaban J connectivity index is 1.84. The van der Waals surface area contributed by atoms with Gasteiger partial charge in [-0.25, -0.2) is 0 Å². The molecule has 1 atom stereocenters. The highest BCUT2D eigenvalue weighted by atomic mass is 16.5. The number of nitrogens with zero attached hydrogens (tertiary/aromatic N) is 3. The van der Waals surface area contributed by atoms with Crippen molar-refractivity contribution in [2.45, 2.75) is 45.6 Å². The van der Waals surface area contributed by atoms with Gasteiger partial charge in [-0.3, -0.25) is 9.78 Å². The number of carbonyl (C=O) groups excluding carboxylic acids is 1. The maximum Gasteiger partial charge on any atom is 0.227 e. The largest absolute Gasteiger partial charge is 0.354 e. The lowest BCUT2D eigenvalue weighted by molar-refractivity contribution is -0.121. The maximum atomic E-state index is 11.8. The molecule has 0 radical (unpaired) electrons. The molecule has 0 aliphatic rings. The summed E-state index contributed by atoms with van der Waals surface area (Å²) in [6, 6.07) is 3.88. The Labute approximate surface area is 124 Å². The van der Waals surface area contributed by atoms with Crippen LogP contribution in [-0.2, 0) is 11.2 Å². The van der Waals surface area contributed by atoms with Gasteiger partial charge in [0.25, 0.3) is 0 Å². The number of pyridine rings is 1. The lowest BCUT2D eigenvalue weighted by atomic mass is 10.2. The minimum absolute atomic E-state index is 0.0112. The van der Waals surface area contributed by atoms with Crippen LogP contribution in [0.25, 0.3) is 11.4 Å². The zero-order valence-electron chi connectivity index (χ0n) is 12.4. The normalized spacial score (nSPS) is 12.1. The Morgan fingerprint density at radius 3 is 3.05 bits per heavy atom. The van der Waals surface area contributed by atoms with Crippen molar-refractivity contribution >= 4 is 5.91 Å². The van der Waals surface area contributed by atoms with Gasteiger partial charge >= 0.3 is 0 Å². The van der Waals surface area contributed by atoms with E-state index < -0.39 is 0 Å². The zero-order valence-corrected chi connectivity index (χ0v) is 12.4. The van der Waals surface area contributed by atoms with Gasteiger partial charge in [-0.1, -0.05) is 18.5 Å². The van der Waals surface area contributed by atoms with E-state index in [0.717, 1.165) is 18.4 Å². The van der Waals surface area contributed by atoms with Crippen LogP contribution in [0.1, 0.15) is 39.0 Å². The molecular formula is C15H20N4O2. The van der Waals surface area contributed by atoms with E-state index >= 15 is 0 Å². The highest BCUT2D eigenvalue weighted by Gasteiger charge is 2.11. The summed E-state index contributed by atoms with van der Waals surface area (Å²) in [6.07, 6.45) is 6.19. The molecule has 0 saturated carbocycles. The van der Waals surface area contributed by atoms with Crippen LogP contribution in [-0.4, -0.2) is 27.1 Å². The van der Waals surface area contributed by atoms with Gasteiger partial charge in [-0.15, -0.1) is 0 Å². The topological polar surface area (TPSA) is 80.9 Å². The maximum absolute atomic E-state index is 11.8. The van der Waals surface area contributed by atoms with Crippen LogP contribution >= 0.6 is 0 Å². The summed E-state index contributed by atoms with van der Waals surface area (Å²) in [5, 5.41) is 6.85. The quantitative estimate of drug-likeness (QED) is 0.846. The highest BCUT2D eigenvalue weighted by molar-refractivity contribution is 5.76. The summed E-state index contributed by atoms with van der Waals surface area (Å²) >= 11 is 0. The van der Waals surface area contributed by atoms with E-state index in [1.807, 2.05) is 19.1 Å². The fourth-order valence-electron chi connectivity index (χ4n) is 2.04. The minimum atomic E-state index is 0.0112. The first kappa shape index (κ1) is 15.2. The van der Waals surface area contributed by atoms with Gasteiger partial charge in [-0.05, 0) is 25.5 Å². The molecule has 1 amide bonds. The molecule has 6 heteroatoms. The van der Waals surface area contributed by atoms with Gasteiger partial charge in [0.2, 0.25) is 17.6 Å². The summed E-state index contributed by atoms with van der Waals surface area (Å²) in [5.74, 6) is 0.974. The average molecular weight is 288 g/mol. The van der Waals surface area contributed by atoms with E-state index in [-0.39, 0.29) is 11.9 Å². The molecule has 0 fully saturated rings. The van der Waals surface area contributed by atoms with Crippen LogP contribution in [0, 0.1) is 0 Å². The van der Waals surface area contributed by atoms with Gasteiger partial charge in [0.1, 0.15) is 0 Å². The van der Waals surface area contributed by atoms with E-state index in [4.69, 9.17) is 4.52 Å². The van der Waals surface area contributed by atoms with Crippen LogP contribution in [0.5, 0.6) is 0 Å². The number of aryl methyl sites for hydroxylation is 1. The summed E-state index contributed by atoms with van der Waals surface area (Å²) in [5.41, 5.74) is 0.800. The molecule has 112 valence electrons. The highest BCUT2D eigenvalue weighted by Crippen LogP contribution is 2.14. The van der Waals surface area contributed by atoms with Crippen molar-refractivity contribution in [3.8, 4) is 11.4 Å². The number of aromatic nitrogens is 3. The van der Waals surface area contributed by atoms with Crippen LogP contribution in [0.4, 0.5) is 0 Å². The van der Waals surface area contributed by atoms with Crippen molar-refractivity contribution in [1.82, 2.24) is 20.4 Å². The number of hydrogen-bond donors (Lipinski definition) is 1. The first-order valence-corrected chi connectivity index (χ1v) is 7.21. The number of hydrogen-bond acceptors (Lipinski definition) is 5. The van der Waals surface area contributed by atoms with Gasteiger partial charge in [0, 0.05) is 36.8 Å². The van der Waals surface area contributed by atoms with E-state index in [1.165, 1.54) is 0 Å². The number of amides is 1. The molecule has 0 saturated heterocycles. The van der Waals surface area contributed by atoms with E-state index in [9.17, 15) is 4.79 Å². The first-order chi connectivity index (χ1) is 10.2. The fourth-order valence-corrected chi connectivity index (χ4v) is 2.04. The Kier molecular flexibility index (Phi) is 5.43. The van der Waals surface area contributed by atoms with Crippen LogP contribution < -0.4 is 5.32 Å². The molecule has 2 rings (SSSR count). The van der Waals surface area contributed by atoms with Gasteiger partial charge in [0.15, 0.2) is 0 Å². The van der Waals surface area contributed by atoms with Crippen LogP contribution in [0.15, 0.2) is 29.0 Å². The lowest BCUT2D eigenvalue weighted by Crippen LogP contribution is -2.32. The molecule has 2 heterocycles. The van der Waals surface area contributed by atoms with Crippen molar-refractivity contribution < 1.29 is 9.32 Å². The summed E-state index contributed by atoms with van der Waals surface area (Å²) in [6.45, 7) is 4.11. The molecule has 1 N–H and O–H groups in total. The molecule has 0 aliphatic heterocycles. The van der Waals surface area contributed by atoms with Crippen LogP contribution in [0.2, 0.25) is 0 Å². The Morgan fingerprint density at radius 2 is 2.33 bits per heavy atom. The smallest absolute Gasteiger partial charge is 0.227 e. The van der Waals surface area contributed by atoms with Gasteiger partial charge < -0.3 is 9.84 Å². The van der Waals surface area contributed by atoms with E-state index in [2.05, 4.69) is 27.4 Å². The Morgan fingerprint density at radius 1 is 1.48 bits per heavy atom. The van der Waals surface area contributed by atoms with Crippen molar-refractivity contribution in [2.24, 2.45) is 0 Å². The first-order valence-electron chi connectivity index (χ1n) is 7.21. The number of carbonyl (C=O) groups is 1. The third-order valence-corrected chi connectivity index (χ3v) is 3.08. The molecule has 0 spiro atoms. The second-order valence-electron chi connectivity index (χ2n) is 5.01. The lowest BCUT2D eigenvalue weighted by Gasteiger charge is -2.11. The monoisotopic (exact) mass is 288 g/mol. The molecule has 21 heavy (non-hydrogen) atoms. The molecule has 0 aromatic carbocycles. The third-order valence-electron chi connectivity index (χ3n) is 3.08. The molecule has 6 nitrogen and oxygen atoms in total. The zero-order chi connectivity index (χ0) is 15.1. The second-order valence-corrected chi connectivity index (χ2v) is 5.01. The van der Waals surface area contributed by atoms with Crippen molar-refractivity contribution in [3.63, 3.8) is 0 Å². The molecule has 2 aromatic heterocycles. The molecule has 0 bridgehead atoms. The standard InChI is InChI=1S/C15H20N4O2/c1-3-5-11(2)17-13(20)7-8-14-18-15(19-21-14)12-6-4-9-16-10-12/h4,6,9-11H,3,5,7-8H2,1-2H3,(H,17,20)/t11-/m1/s1. The van der Waals surface area contributed by atoms with Crippen molar-refractivity contribution in [3.05, 3.63) is 30.4 Å². The Hall–Kier alpha value is -2.24. The number of nitrogens with one attached hydrogen (secondary N) is 1. The minimum Gasteiger partial charge on any atom is -0.354 e. The summed E-state index contributed by atoms with van der Waals surface area (Å²) < 4.78 is 5.15. The van der Waals surface area contributed by atoms with Crippen molar-refractivity contribution in [1.29, 1.82) is 0 Å². The molecule has 2 aromatic rings. The van der Waals surface area contributed by atoms with Gasteiger partial charge in [-0.2, -0.15) is 4.98 Å². The third kappa shape index (κ3) is 4.66. The molecule has 0 aliphatic carbocycles. The molecular weight excluding hydrogens is 268 g/mol. The summed E-state index contributed by atoms with van der Waals surface area (Å²) in [4.78, 5) is 20.0.